The molecular weight excluding hydrogens is 348 g/mol. The lowest BCUT2D eigenvalue weighted by atomic mass is 10.1. The summed E-state index contributed by atoms with van der Waals surface area (Å²) in [5.41, 5.74) is 2.01. The molecule has 0 saturated heterocycles. The molecule has 0 saturated carbocycles. The number of amides is 1. The van der Waals surface area contributed by atoms with Crippen LogP contribution in [0.5, 0.6) is 11.5 Å². The zero-order valence-corrected chi connectivity index (χ0v) is 15.5. The Morgan fingerprint density at radius 2 is 1.81 bits per heavy atom. The number of hydrogen-bond donors (Lipinski definition) is 2. The Bertz CT molecular complexity index is 792. The minimum absolute atomic E-state index is 0.0689. The highest BCUT2D eigenvalue weighted by Gasteiger charge is 2.08. The van der Waals surface area contributed by atoms with Crippen molar-refractivity contribution >= 4 is 17.7 Å². The Kier molecular flexibility index (Phi) is 7.61. The number of nitrogens with zero attached hydrogens (tertiary/aromatic N) is 1. The fourth-order valence-electron chi connectivity index (χ4n) is 2.62. The number of rotatable bonds is 10. The molecule has 1 amide bonds. The molecule has 2 rings (SSSR count). The largest absolute Gasteiger partial charge is 0.493 e. The molecule has 1 aromatic carbocycles. The molecule has 27 heavy (non-hydrogen) atoms. The maximum Gasteiger partial charge on any atom is 0.303 e. The van der Waals surface area contributed by atoms with Crippen molar-refractivity contribution in [2.24, 2.45) is 0 Å². The van der Waals surface area contributed by atoms with Crippen molar-refractivity contribution in [2.45, 2.75) is 32.1 Å². The lowest BCUT2D eigenvalue weighted by Crippen LogP contribution is -2.14. The maximum atomic E-state index is 11.7. The molecule has 2 N–H and O–H groups in total. The van der Waals surface area contributed by atoms with Crippen molar-refractivity contribution in [3.8, 4) is 11.5 Å². The lowest BCUT2D eigenvalue weighted by Gasteiger charge is -2.10. The van der Waals surface area contributed by atoms with Crippen LogP contribution >= 0.6 is 0 Å². The summed E-state index contributed by atoms with van der Waals surface area (Å²) < 4.78 is 10.6. The second-order valence-corrected chi connectivity index (χ2v) is 6.00. The third-order valence-electron chi connectivity index (χ3n) is 3.99. The van der Waals surface area contributed by atoms with Crippen molar-refractivity contribution in [1.82, 2.24) is 4.98 Å². The van der Waals surface area contributed by atoms with Crippen LogP contribution in [0.3, 0.4) is 0 Å². The molecule has 144 valence electrons. The van der Waals surface area contributed by atoms with Crippen molar-refractivity contribution in [3.63, 3.8) is 0 Å². The number of carboxylic acid groups (broad SMARTS) is 1. The molecule has 0 fully saturated rings. The van der Waals surface area contributed by atoms with E-state index >= 15 is 0 Å². The highest BCUT2D eigenvalue weighted by Crippen LogP contribution is 2.28. The maximum absolute atomic E-state index is 11.7. The van der Waals surface area contributed by atoms with Crippen LogP contribution in [-0.2, 0) is 22.4 Å². The van der Waals surface area contributed by atoms with Crippen molar-refractivity contribution in [1.29, 1.82) is 0 Å². The van der Waals surface area contributed by atoms with E-state index in [-0.39, 0.29) is 18.7 Å². The Balaban J connectivity index is 1.87. The fourth-order valence-corrected chi connectivity index (χ4v) is 2.62. The van der Waals surface area contributed by atoms with Gasteiger partial charge in [0, 0.05) is 12.1 Å². The van der Waals surface area contributed by atoms with Crippen LogP contribution in [0.15, 0.2) is 36.4 Å². The summed E-state index contributed by atoms with van der Waals surface area (Å²) in [6.07, 6.45) is 2.24. The summed E-state index contributed by atoms with van der Waals surface area (Å²) in [6, 6.07) is 11.3. The molecule has 7 heteroatoms. The van der Waals surface area contributed by atoms with E-state index in [4.69, 9.17) is 14.6 Å². The van der Waals surface area contributed by atoms with Crippen LogP contribution in [0.25, 0.3) is 0 Å². The number of ether oxygens (including phenoxy) is 2. The molecule has 0 aliphatic heterocycles. The summed E-state index contributed by atoms with van der Waals surface area (Å²) in [4.78, 5) is 26.6. The van der Waals surface area contributed by atoms with Gasteiger partial charge in [0.1, 0.15) is 5.82 Å². The first-order valence-electron chi connectivity index (χ1n) is 8.70. The van der Waals surface area contributed by atoms with Gasteiger partial charge in [-0.25, -0.2) is 4.98 Å². The quantitative estimate of drug-likeness (QED) is 0.665. The first-order valence-corrected chi connectivity index (χ1v) is 8.70. The summed E-state index contributed by atoms with van der Waals surface area (Å²) >= 11 is 0. The summed E-state index contributed by atoms with van der Waals surface area (Å²) in [5, 5.41) is 11.2. The monoisotopic (exact) mass is 372 g/mol. The van der Waals surface area contributed by atoms with E-state index in [1.54, 1.807) is 20.3 Å². The Labute approximate surface area is 158 Å². The Morgan fingerprint density at radius 1 is 1.04 bits per heavy atom. The van der Waals surface area contributed by atoms with Gasteiger partial charge in [-0.05, 0) is 49.1 Å². The van der Waals surface area contributed by atoms with Gasteiger partial charge in [0.25, 0.3) is 0 Å². The summed E-state index contributed by atoms with van der Waals surface area (Å²) in [6.45, 7) is 0. The van der Waals surface area contributed by atoms with Gasteiger partial charge in [0.05, 0.1) is 20.6 Å². The van der Waals surface area contributed by atoms with E-state index in [0.717, 1.165) is 30.5 Å². The van der Waals surface area contributed by atoms with Crippen LogP contribution in [0.1, 0.15) is 30.5 Å². The number of carbonyl (C=O) groups is 2. The van der Waals surface area contributed by atoms with Crippen LogP contribution in [0.2, 0.25) is 0 Å². The smallest absolute Gasteiger partial charge is 0.303 e. The van der Waals surface area contributed by atoms with E-state index in [2.05, 4.69) is 10.3 Å². The second-order valence-electron chi connectivity index (χ2n) is 6.00. The molecular formula is C20H24N2O5. The van der Waals surface area contributed by atoms with Gasteiger partial charge < -0.3 is 19.9 Å². The number of anilines is 1. The number of aryl methyl sites for hydroxylation is 2. The van der Waals surface area contributed by atoms with Crippen LogP contribution < -0.4 is 14.8 Å². The molecule has 2 aromatic rings. The van der Waals surface area contributed by atoms with Gasteiger partial charge in [-0.15, -0.1) is 0 Å². The van der Waals surface area contributed by atoms with Crippen molar-refractivity contribution < 1.29 is 24.2 Å². The molecule has 0 spiro atoms. The van der Waals surface area contributed by atoms with E-state index in [9.17, 15) is 9.59 Å². The number of pyridine rings is 1. The number of aliphatic carboxylic acids is 1. The van der Waals surface area contributed by atoms with Crippen LogP contribution in [0.4, 0.5) is 5.82 Å². The Morgan fingerprint density at radius 3 is 2.52 bits per heavy atom. The fraction of sp³-hybridized carbons (Fsp3) is 0.350. The molecule has 1 heterocycles. The van der Waals surface area contributed by atoms with Gasteiger partial charge in [0.2, 0.25) is 5.91 Å². The molecule has 1 aromatic heterocycles. The first kappa shape index (κ1) is 20.2. The van der Waals surface area contributed by atoms with Gasteiger partial charge >= 0.3 is 5.97 Å². The standard InChI is InChI=1S/C20H24N2O5/c1-26-16-10-9-14(13-17(16)27-2)5-3-6-15-7-4-8-18(21-15)22-19(23)11-12-20(24)25/h4,7-10,13H,3,5-6,11-12H2,1-2H3,(H,24,25)(H,21,22,23). The van der Waals surface area contributed by atoms with E-state index in [0.29, 0.717) is 17.3 Å². The topological polar surface area (TPSA) is 97.8 Å². The molecule has 0 bridgehead atoms. The zero-order chi connectivity index (χ0) is 19.6. The average molecular weight is 372 g/mol. The summed E-state index contributed by atoms with van der Waals surface area (Å²) in [5.74, 6) is 0.497. The van der Waals surface area contributed by atoms with Gasteiger partial charge in [-0.1, -0.05) is 12.1 Å². The van der Waals surface area contributed by atoms with E-state index in [1.807, 2.05) is 30.3 Å². The minimum Gasteiger partial charge on any atom is -0.493 e. The lowest BCUT2D eigenvalue weighted by molar-refractivity contribution is -0.138. The number of hydrogen-bond acceptors (Lipinski definition) is 5. The molecule has 0 radical (unpaired) electrons. The SMILES string of the molecule is COc1ccc(CCCc2cccc(NC(=O)CCC(=O)O)n2)cc1OC. The summed E-state index contributed by atoms with van der Waals surface area (Å²) in [7, 11) is 3.22. The normalized spacial score (nSPS) is 10.3. The van der Waals surface area contributed by atoms with E-state index < -0.39 is 5.97 Å². The predicted octanol–water partition coefficient (Wildman–Crippen LogP) is 3.08. The molecule has 0 aliphatic rings. The second kappa shape index (κ2) is 10.2. The van der Waals surface area contributed by atoms with Crippen molar-refractivity contribution in [2.75, 3.05) is 19.5 Å². The Hall–Kier alpha value is -3.09. The van der Waals surface area contributed by atoms with Gasteiger partial charge in [-0.3, -0.25) is 9.59 Å². The zero-order valence-electron chi connectivity index (χ0n) is 15.5. The number of methoxy groups -OCH3 is 2. The number of carbonyl (C=O) groups excluding carboxylic acids is 1. The number of benzene rings is 1. The van der Waals surface area contributed by atoms with Crippen LogP contribution in [-0.4, -0.2) is 36.2 Å². The molecule has 0 aliphatic carbocycles. The van der Waals surface area contributed by atoms with Gasteiger partial charge in [-0.2, -0.15) is 0 Å². The van der Waals surface area contributed by atoms with Crippen LogP contribution in [0, 0.1) is 0 Å². The van der Waals surface area contributed by atoms with E-state index in [1.165, 1.54) is 0 Å². The molecule has 0 unspecified atom stereocenters. The average Bonchev–Trinajstić information content (AvgIpc) is 2.66. The number of nitrogens with one attached hydrogen (secondary N) is 1. The first-order chi connectivity index (χ1) is 13.0. The predicted molar refractivity (Wildman–Crippen MR) is 101 cm³/mol. The number of carboxylic acids is 1. The minimum atomic E-state index is -0.998. The van der Waals surface area contributed by atoms with Crippen molar-refractivity contribution in [3.05, 3.63) is 47.7 Å². The highest BCUT2D eigenvalue weighted by atomic mass is 16.5. The highest BCUT2D eigenvalue weighted by molar-refractivity contribution is 5.91. The number of aromatic nitrogens is 1. The van der Waals surface area contributed by atoms with Gasteiger partial charge in [0.15, 0.2) is 11.5 Å². The third-order valence-corrected chi connectivity index (χ3v) is 3.99. The molecule has 7 nitrogen and oxygen atoms in total. The molecule has 0 atom stereocenters. The third kappa shape index (κ3) is 6.62.